The van der Waals surface area contributed by atoms with Gasteiger partial charge in [-0.2, -0.15) is 0 Å². The summed E-state index contributed by atoms with van der Waals surface area (Å²) in [7, 11) is 1.53. The molecular weight excluding hydrogens is 311 g/mol. The van der Waals surface area contributed by atoms with Crippen LogP contribution in [0.2, 0.25) is 0 Å². The van der Waals surface area contributed by atoms with Crippen LogP contribution in [-0.2, 0) is 9.05 Å². The van der Waals surface area contributed by atoms with E-state index in [1.165, 1.54) is 0 Å². The summed E-state index contributed by atoms with van der Waals surface area (Å²) in [5.74, 6) is -0.279. The molecule has 0 saturated heterocycles. The van der Waals surface area contributed by atoms with Gasteiger partial charge in [-0.25, -0.2) is 8.42 Å². The fourth-order valence-electron chi connectivity index (χ4n) is 0.994. The number of rotatable bonds is 3. The number of alkyl halides is 1. The Labute approximate surface area is 101 Å². The highest BCUT2D eigenvalue weighted by atomic mass is 79.9. The highest BCUT2D eigenvalue weighted by Gasteiger charge is 2.18. The van der Waals surface area contributed by atoms with Crippen LogP contribution in [0, 0.1) is 0 Å². The molecule has 2 nitrogen and oxygen atoms in total. The second kappa shape index (κ2) is 4.84. The summed E-state index contributed by atoms with van der Waals surface area (Å²) in [6.45, 7) is 0. The zero-order chi connectivity index (χ0) is 10.8. The van der Waals surface area contributed by atoms with Crippen molar-refractivity contribution in [3.63, 3.8) is 0 Å². The van der Waals surface area contributed by atoms with E-state index in [1.54, 1.807) is 18.2 Å². The van der Waals surface area contributed by atoms with E-state index in [0.29, 0.717) is 0 Å². The molecule has 78 valence electrons. The zero-order valence-electron chi connectivity index (χ0n) is 6.95. The van der Waals surface area contributed by atoms with Gasteiger partial charge in [0.25, 0.3) is 0 Å². The molecule has 1 atom stereocenters. The van der Waals surface area contributed by atoms with E-state index in [2.05, 4.69) is 15.9 Å². The van der Waals surface area contributed by atoms with Crippen molar-refractivity contribution in [1.29, 1.82) is 0 Å². The van der Waals surface area contributed by atoms with E-state index in [9.17, 15) is 8.42 Å². The van der Waals surface area contributed by atoms with Gasteiger partial charge in [-0.15, -0.1) is 11.6 Å². The third-order valence-electron chi connectivity index (χ3n) is 1.59. The van der Waals surface area contributed by atoms with Crippen molar-refractivity contribution in [3.05, 3.63) is 34.3 Å². The van der Waals surface area contributed by atoms with E-state index in [1.807, 2.05) is 6.07 Å². The molecule has 0 aliphatic carbocycles. The minimum absolute atomic E-state index is 0.279. The van der Waals surface area contributed by atoms with Crippen molar-refractivity contribution in [2.24, 2.45) is 0 Å². The lowest BCUT2D eigenvalue weighted by Crippen LogP contribution is -2.05. The second-order valence-corrected chi connectivity index (χ2v) is 6.90. The molecule has 1 unspecified atom stereocenters. The average molecular weight is 318 g/mol. The lowest BCUT2D eigenvalue weighted by molar-refractivity contribution is 0.608. The van der Waals surface area contributed by atoms with Crippen molar-refractivity contribution in [2.75, 3.05) is 5.75 Å². The van der Waals surface area contributed by atoms with Crippen LogP contribution in [0.25, 0.3) is 0 Å². The lowest BCUT2D eigenvalue weighted by Gasteiger charge is -2.09. The van der Waals surface area contributed by atoms with Crippen molar-refractivity contribution < 1.29 is 8.42 Å². The standard InChI is InChI=1S/C8H7BrCl2O2S/c9-7-4-2-1-3-6(7)8(10)5-14(11,12)13/h1-4,8H,5H2. The summed E-state index contributed by atoms with van der Waals surface area (Å²) in [6, 6.07) is 7.16. The van der Waals surface area contributed by atoms with Crippen molar-refractivity contribution in [1.82, 2.24) is 0 Å². The second-order valence-electron chi connectivity index (χ2n) is 2.69. The highest BCUT2D eigenvalue weighted by Crippen LogP contribution is 2.29. The Balaban J connectivity index is 2.90. The van der Waals surface area contributed by atoms with Crippen LogP contribution in [0.1, 0.15) is 10.9 Å². The Morgan fingerprint density at radius 3 is 2.43 bits per heavy atom. The Kier molecular flexibility index (Phi) is 4.25. The third kappa shape index (κ3) is 3.77. The first kappa shape index (κ1) is 12.3. The number of hydrogen-bond acceptors (Lipinski definition) is 2. The summed E-state index contributed by atoms with van der Waals surface area (Å²) in [5, 5.41) is -0.631. The van der Waals surface area contributed by atoms with E-state index >= 15 is 0 Å². The summed E-state index contributed by atoms with van der Waals surface area (Å²) >= 11 is 9.18. The molecule has 0 spiro atoms. The van der Waals surface area contributed by atoms with Crippen molar-refractivity contribution in [3.8, 4) is 0 Å². The van der Waals surface area contributed by atoms with Gasteiger partial charge >= 0.3 is 0 Å². The molecule has 0 bridgehead atoms. The molecule has 1 rings (SSSR count). The molecule has 0 radical (unpaired) electrons. The van der Waals surface area contributed by atoms with Gasteiger partial charge in [0, 0.05) is 15.2 Å². The first-order chi connectivity index (χ1) is 6.40. The monoisotopic (exact) mass is 316 g/mol. The molecule has 0 amide bonds. The van der Waals surface area contributed by atoms with Gasteiger partial charge in [0.1, 0.15) is 0 Å². The molecule has 0 fully saturated rings. The molecular formula is C8H7BrCl2O2S. The highest BCUT2D eigenvalue weighted by molar-refractivity contribution is 9.10. The number of halogens is 3. The predicted molar refractivity (Wildman–Crippen MR) is 62.4 cm³/mol. The average Bonchev–Trinajstić information content (AvgIpc) is 2.01. The number of hydrogen-bond donors (Lipinski definition) is 0. The van der Waals surface area contributed by atoms with Crippen molar-refractivity contribution >= 4 is 47.3 Å². The summed E-state index contributed by atoms with van der Waals surface area (Å²) in [6.07, 6.45) is 0. The molecule has 1 aromatic carbocycles. The fraction of sp³-hybridized carbons (Fsp3) is 0.250. The SMILES string of the molecule is O=S(=O)(Cl)CC(Cl)c1ccccc1Br. The van der Waals surface area contributed by atoms with E-state index in [-0.39, 0.29) is 5.75 Å². The van der Waals surface area contributed by atoms with Gasteiger partial charge in [-0.05, 0) is 11.6 Å². The van der Waals surface area contributed by atoms with Crippen LogP contribution in [0.4, 0.5) is 0 Å². The van der Waals surface area contributed by atoms with Gasteiger partial charge in [0.2, 0.25) is 9.05 Å². The fourth-order valence-corrected chi connectivity index (χ4v) is 3.48. The zero-order valence-corrected chi connectivity index (χ0v) is 10.9. The summed E-state index contributed by atoms with van der Waals surface area (Å²) in [5.41, 5.74) is 0.721. The first-order valence-electron chi connectivity index (χ1n) is 3.71. The predicted octanol–water partition coefficient (Wildman–Crippen LogP) is 3.30. The molecule has 0 aliphatic rings. The minimum atomic E-state index is -3.57. The van der Waals surface area contributed by atoms with Crippen LogP contribution in [0.5, 0.6) is 0 Å². The third-order valence-corrected chi connectivity index (χ3v) is 3.99. The Morgan fingerprint density at radius 1 is 1.36 bits per heavy atom. The van der Waals surface area contributed by atoms with E-state index in [4.69, 9.17) is 22.3 Å². The first-order valence-corrected chi connectivity index (χ1v) is 7.42. The van der Waals surface area contributed by atoms with Crippen LogP contribution < -0.4 is 0 Å². The van der Waals surface area contributed by atoms with E-state index in [0.717, 1.165) is 10.0 Å². The maximum absolute atomic E-state index is 10.8. The minimum Gasteiger partial charge on any atom is -0.212 e. The molecule has 14 heavy (non-hydrogen) atoms. The topological polar surface area (TPSA) is 34.1 Å². The van der Waals surface area contributed by atoms with Crippen LogP contribution >= 0.6 is 38.2 Å². The van der Waals surface area contributed by atoms with Gasteiger partial charge in [0.05, 0.1) is 11.1 Å². The van der Waals surface area contributed by atoms with Gasteiger partial charge in [0.15, 0.2) is 0 Å². The smallest absolute Gasteiger partial charge is 0.212 e. The Hall–Kier alpha value is 0.230. The maximum atomic E-state index is 10.8. The summed E-state index contributed by atoms with van der Waals surface area (Å²) in [4.78, 5) is 0. The molecule has 0 aliphatic heterocycles. The van der Waals surface area contributed by atoms with Crippen LogP contribution in [-0.4, -0.2) is 14.2 Å². The molecule has 0 saturated carbocycles. The van der Waals surface area contributed by atoms with Gasteiger partial charge < -0.3 is 0 Å². The van der Waals surface area contributed by atoms with E-state index < -0.39 is 14.4 Å². The lowest BCUT2D eigenvalue weighted by atomic mass is 10.2. The Bertz CT molecular complexity index is 419. The molecule has 6 heteroatoms. The van der Waals surface area contributed by atoms with Gasteiger partial charge in [-0.1, -0.05) is 34.1 Å². The van der Waals surface area contributed by atoms with Gasteiger partial charge in [-0.3, -0.25) is 0 Å². The quantitative estimate of drug-likeness (QED) is 0.633. The molecule has 1 aromatic rings. The molecule has 0 aromatic heterocycles. The molecule has 0 heterocycles. The largest absolute Gasteiger partial charge is 0.234 e. The number of benzene rings is 1. The summed E-state index contributed by atoms with van der Waals surface area (Å²) < 4.78 is 22.4. The maximum Gasteiger partial charge on any atom is 0.234 e. The Morgan fingerprint density at radius 2 is 1.93 bits per heavy atom. The van der Waals surface area contributed by atoms with Crippen LogP contribution in [0.3, 0.4) is 0 Å². The van der Waals surface area contributed by atoms with Crippen molar-refractivity contribution in [2.45, 2.75) is 5.38 Å². The normalized spacial score (nSPS) is 13.9. The van der Waals surface area contributed by atoms with Crippen LogP contribution in [0.15, 0.2) is 28.7 Å². The molecule has 0 N–H and O–H groups in total.